The minimum Gasteiger partial charge on any atom is -0.345 e. The van der Waals surface area contributed by atoms with Gasteiger partial charge >= 0.3 is 0 Å². The first-order chi connectivity index (χ1) is 12.7. The predicted molar refractivity (Wildman–Crippen MR) is 98.4 cm³/mol. The normalized spacial score (nSPS) is 14.2. The second-order valence-corrected chi connectivity index (χ2v) is 6.50. The molecule has 6 heteroatoms. The van der Waals surface area contributed by atoms with Crippen LogP contribution in [0, 0.1) is 0 Å². The zero-order chi connectivity index (χ0) is 17.9. The highest BCUT2D eigenvalue weighted by Gasteiger charge is 2.20. The number of hydrogen-bond acceptors (Lipinski definition) is 3. The van der Waals surface area contributed by atoms with Crippen LogP contribution in [0.4, 0.5) is 0 Å². The Bertz CT molecular complexity index is 930. The molecule has 1 fully saturated rings. The summed E-state index contributed by atoms with van der Waals surface area (Å²) in [5.41, 5.74) is 3.39. The third-order valence-corrected chi connectivity index (χ3v) is 4.59. The lowest BCUT2D eigenvalue weighted by molar-refractivity contribution is -0.128. The summed E-state index contributed by atoms with van der Waals surface area (Å²) in [5, 5.41) is 2.89. The fraction of sp³-hybridized carbons (Fsp3) is 0.250. The van der Waals surface area contributed by atoms with Gasteiger partial charge < -0.3 is 15.2 Å². The van der Waals surface area contributed by atoms with Crippen LogP contribution in [0.5, 0.6) is 0 Å². The van der Waals surface area contributed by atoms with Crippen molar-refractivity contribution >= 4 is 22.8 Å². The van der Waals surface area contributed by atoms with E-state index in [1.807, 2.05) is 47.4 Å². The van der Waals surface area contributed by atoms with Gasteiger partial charge in [0.15, 0.2) is 0 Å². The highest BCUT2D eigenvalue weighted by molar-refractivity contribution is 5.94. The molecule has 6 nitrogen and oxygen atoms in total. The average Bonchev–Trinajstić information content (AvgIpc) is 3.26. The van der Waals surface area contributed by atoms with Crippen LogP contribution in [-0.4, -0.2) is 33.2 Å². The van der Waals surface area contributed by atoms with Gasteiger partial charge in [-0.15, -0.1) is 0 Å². The molecule has 2 heterocycles. The molecule has 0 radical (unpaired) electrons. The number of carbonyl (C=O) groups excluding carboxylic acids is 2. The lowest BCUT2D eigenvalue weighted by atomic mass is 10.1. The number of likely N-dealkylation sites (tertiary alicyclic amines) is 1. The third kappa shape index (κ3) is 3.44. The van der Waals surface area contributed by atoms with E-state index in [-0.39, 0.29) is 11.8 Å². The summed E-state index contributed by atoms with van der Waals surface area (Å²) in [7, 11) is 0. The van der Waals surface area contributed by atoms with Gasteiger partial charge in [0.2, 0.25) is 5.91 Å². The molecule has 132 valence electrons. The van der Waals surface area contributed by atoms with E-state index < -0.39 is 0 Å². The van der Waals surface area contributed by atoms with Crippen molar-refractivity contribution < 1.29 is 9.59 Å². The molecule has 1 aliphatic heterocycles. The van der Waals surface area contributed by atoms with Gasteiger partial charge in [-0.05, 0) is 36.2 Å². The van der Waals surface area contributed by atoms with Gasteiger partial charge in [-0.2, -0.15) is 0 Å². The number of rotatable bonds is 5. The molecule has 2 aromatic carbocycles. The highest BCUT2D eigenvalue weighted by atomic mass is 16.2. The number of fused-ring (bicyclic) bond motifs is 1. The Morgan fingerprint density at radius 3 is 2.88 bits per heavy atom. The van der Waals surface area contributed by atoms with Gasteiger partial charge in [0, 0.05) is 25.1 Å². The summed E-state index contributed by atoms with van der Waals surface area (Å²) in [5.74, 6) is 0.753. The number of aromatic amines is 1. The van der Waals surface area contributed by atoms with Crippen molar-refractivity contribution in [3.8, 4) is 0 Å². The first-order valence-corrected chi connectivity index (χ1v) is 8.77. The van der Waals surface area contributed by atoms with Crippen molar-refractivity contribution in [1.29, 1.82) is 0 Å². The summed E-state index contributed by atoms with van der Waals surface area (Å²) in [4.78, 5) is 33.7. The fourth-order valence-corrected chi connectivity index (χ4v) is 3.26. The molecule has 3 aromatic rings. The van der Waals surface area contributed by atoms with Crippen molar-refractivity contribution in [3.05, 3.63) is 65.5 Å². The topological polar surface area (TPSA) is 78.1 Å². The molecule has 26 heavy (non-hydrogen) atoms. The van der Waals surface area contributed by atoms with E-state index in [0.29, 0.717) is 25.1 Å². The summed E-state index contributed by atoms with van der Waals surface area (Å²) in [6, 6.07) is 15.2. The van der Waals surface area contributed by atoms with Crippen molar-refractivity contribution in [2.45, 2.75) is 25.9 Å². The van der Waals surface area contributed by atoms with E-state index in [9.17, 15) is 9.59 Å². The van der Waals surface area contributed by atoms with E-state index in [0.717, 1.165) is 35.4 Å². The second kappa shape index (κ2) is 7.00. The quantitative estimate of drug-likeness (QED) is 0.744. The molecule has 4 rings (SSSR count). The van der Waals surface area contributed by atoms with Gasteiger partial charge in [-0.3, -0.25) is 9.59 Å². The molecular formula is C20H20N4O2. The first-order valence-electron chi connectivity index (χ1n) is 8.77. The Labute approximate surface area is 151 Å². The van der Waals surface area contributed by atoms with Crippen LogP contribution in [-0.2, 0) is 17.9 Å². The van der Waals surface area contributed by atoms with Crippen molar-refractivity contribution in [3.63, 3.8) is 0 Å². The van der Waals surface area contributed by atoms with E-state index in [4.69, 9.17) is 0 Å². The smallest absolute Gasteiger partial charge is 0.251 e. The van der Waals surface area contributed by atoms with Crippen LogP contribution in [0.15, 0.2) is 48.5 Å². The van der Waals surface area contributed by atoms with Crippen molar-refractivity contribution in [2.24, 2.45) is 0 Å². The van der Waals surface area contributed by atoms with Crippen molar-refractivity contribution in [1.82, 2.24) is 20.2 Å². The summed E-state index contributed by atoms with van der Waals surface area (Å²) < 4.78 is 0. The molecule has 1 aromatic heterocycles. The maximum Gasteiger partial charge on any atom is 0.251 e. The Hall–Kier alpha value is -3.15. The lowest BCUT2D eigenvalue weighted by Gasteiger charge is -2.16. The molecule has 0 spiro atoms. The summed E-state index contributed by atoms with van der Waals surface area (Å²) in [6.45, 7) is 1.69. The van der Waals surface area contributed by atoms with Gasteiger partial charge in [0.25, 0.3) is 5.91 Å². The van der Waals surface area contributed by atoms with Gasteiger partial charge in [0.05, 0.1) is 17.6 Å². The molecule has 0 saturated carbocycles. The number of amides is 2. The number of imidazole rings is 1. The van der Waals surface area contributed by atoms with E-state index in [2.05, 4.69) is 15.3 Å². The SMILES string of the molecule is O=C(NCc1nc2ccccc2[nH]1)c1cccc(CN2CCCC2=O)c1. The Morgan fingerprint density at radius 1 is 1.19 bits per heavy atom. The fourth-order valence-electron chi connectivity index (χ4n) is 3.26. The largest absolute Gasteiger partial charge is 0.345 e. The standard InChI is InChI=1S/C20H20N4O2/c25-19-9-4-10-24(19)13-14-5-3-6-15(11-14)20(26)21-12-18-22-16-7-1-2-8-17(16)23-18/h1-3,5-8,11H,4,9-10,12-13H2,(H,21,26)(H,22,23). The molecule has 0 aliphatic carbocycles. The van der Waals surface area contributed by atoms with E-state index in [1.165, 1.54) is 0 Å². The number of nitrogens with zero attached hydrogens (tertiary/aromatic N) is 2. The lowest BCUT2D eigenvalue weighted by Crippen LogP contribution is -2.25. The van der Waals surface area contributed by atoms with E-state index >= 15 is 0 Å². The third-order valence-electron chi connectivity index (χ3n) is 4.59. The minimum absolute atomic E-state index is 0.153. The maximum atomic E-state index is 12.5. The Morgan fingerprint density at radius 2 is 2.08 bits per heavy atom. The summed E-state index contributed by atoms with van der Waals surface area (Å²) >= 11 is 0. The van der Waals surface area contributed by atoms with Crippen LogP contribution < -0.4 is 5.32 Å². The number of nitrogens with one attached hydrogen (secondary N) is 2. The van der Waals surface area contributed by atoms with Gasteiger partial charge in [-0.25, -0.2) is 4.98 Å². The number of carbonyl (C=O) groups is 2. The number of benzene rings is 2. The zero-order valence-electron chi connectivity index (χ0n) is 14.4. The number of para-hydroxylation sites is 2. The molecule has 0 bridgehead atoms. The van der Waals surface area contributed by atoms with Crippen LogP contribution >= 0.6 is 0 Å². The van der Waals surface area contributed by atoms with Crippen LogP contribution in [0.1, 0.15) is 34.6 Å². The van der Waals surface area contributed by atoms with Gasteiger partial charge in [0.1, 0.15) is 5.82 Å². The molecule has 0 unspecified atom stereocenters. The number of H-pyrrole nitrogens is 1. The van der Waals surface area contributed by atoms with Crippen LogP contribution in [0.3, 0.4) is 0 Å². The zero-order valence-corrected chi connectivity index (χ0v) is 14.4. The first kappa shape index (κ1) is 16.3. The van der Waals surface area contributed by atoms with Crippen molar-refractivity contribution in [2.75, 3.05) is 6.54 Å². The molecule has 0 atom stereocenters. The molecule has 1 saturated heterocycles. The summed E-state index contributed by atoms with van der Waals surface area (Å²) in [6.07, 6.45) is 1.54. The van der Waals surface area contributed by atoms with E-state index in [1.54, 1.807) is 6.07 Å². The van der Waals surface area contributed by atoms with Gasteiger partial charge in [-0.1, -0.05) is 24.3 Å². The molecular weight excluding hydrogens is 328 g/mol. The predicted octanol–water partition coefficient (Wildman–Crippen LogP) is 2.62. The maximum absolute atomic E-state index is 12.5. The average molecular weight is 348 g/mol. The Kier molecular flexibility index (Phi) is 4.39. The number of hydrogen-bond donors (Lipinski definition) is 2. The highest BCUT2D eigenvalue weighted by Crippen LogP contribution is 2.15. The van der Waals surface area contributed by atoms with Crippen LogP contribution in [0.2, 0.25) is 0 Å². The molecule has 1 aliphatic rings. The Balaban J connectivity index is 1.41. The molecule has 2 N–H and O–H groups in total. The number of aromatic nitrogens is 2. The molecule has 2 amide bonds. The second-order valence-electron chi connectivity index (χ2n) is 6.50. The minimum atomic E-state index is -0.153. The van der Waals surface area contributed by atoms with Crippen LogP contribution in [0.25, 0.3) is 11.0 Å². The monoisotopic (exact) mass is 348 g/mol.